The number of amides is 1. The number of nitrogens with zero attached hydrogens (tertiary/aromatic N) is 1. The van der Waals surface area contributed by atoms with Crippen molar-refractivity contribution in [1.29, 1.82) is 0 Å². The van der Waals surface area contributed by atoms with Crippen LogP contribution in [0.1, 0.15) is 12.5 Å². The van der Waals surface area contributed by atoms with Crippen LogP contribution >= 0.6 is 0 Å². The van der Waals surface area contributed by atoms with Gasteiger partial charge in [-0.3, -0.25) is 4.79 Å². The SMILES string of the molecule is CC(N)(CN1CCc2ccc(F)cc21)C(N)=O. The number of carbonyl (C=O) groups excluding carboxylic acids is 1. The van der Waals surface area contributed by atoms with Gasteiger partial charge in [0, 0.05) is 18.8 Å². The molecule has 5 heteroatoms. The Hall–Kier alpha value is -1.62. The van der Waals surface area contributed by atoms with Crippen molar-refractivity contribution in [1.82, 2.24) is 0 Å². The van der Waals surface area contributed by atoms with E-state index in [4.69, 9.17) is 11.5 Å². The number of halogens is 1. The van der Waals surface area contributed by atoms with Crippen LogP contribution in [-0.2, 0) is 11.2 Å². The lowest BCUT2D eigenvalue weighted by molar-refractivity contribution is -0.122. The molecule has 0 fully saturated rings. The van der Waals surface area contributed by atoms with Crippen LogP contribution in [0.5, 0.6) is 0 Å². The van der Waals surface area contributed by atoms with E-state index in [0.29, 0.717) is 6.54 Å². The highest BCUT2D eigenvalue weighted by molar-refractivity contribution is 5.85. The summed E-state index contributed by atoms with van der Waals surface area (Å²) in [5.74, 6) is -0.837. The second-order valence-electron chi connectivity index (χ2n) is 4.73. The monoisotopic (exact) mass is 237 g/mol. The van der Waals surface area contributed by atoms with Crippen molar-refractivity contribution < 1.29 is 9.18 Å². The summed E-state index contributed by atoms with van der Waals surface area (Å²) in [4.78, 5) is 13.1. The summed E-state index contributed by atoms with van der Waals surface area (Å²) in [5.41, 5.74) is 11.8. The van der Waals surface area contributed by atoms with Gasteiger partial charge in [0.15, 0.2) is 0 Å². The predicted molar refractivity (Wildman–Crippen MR) is 64.1 cm³/mol. The van der Waals surface area contributed by atoms with Gasteiger partial charge in [0.2, 0.25) is 5.91 Å². The lowest BCUT2D eigenvalue weighted by atomic mass is 10.0. The van der Waals surface area contributed by atoms with Gasteiger partial charge in [-0.2, -0.15) is 0 Å². The van der Waals surface area contributed by atoms with Crippen molar-refractivity contribution in [3.05, 3.63) is 29.6 Å². The number of hydrogen-bond acceptors (Lipinski definition) is 3. The normalized spacial score (nSPS) is 17.7. The maximum Gasteiger partial charge on any atom is 0.239 e. The number of primary amides is 1. The first-order chi connectivity index (χ1) is 7.90. The molecular formula is C12H16FN3O. The molecule has 1 heterocycles. The van der Waals surface area contributed by atoms with E-state index < -0.39 is 11.4 Å². The smallest absolute Gasteiger partial charge is 0.239 e. The van der Waals surface area contributed by atoms with Crippen LogP contribution in [0.15, 0.2) is 18.2 Å². The van der Waals surface area contributed by atoms with Crippen molar-refractivity contribution in [2.45, 2.75) is 18.9 Å². The average molecular weight is 237 g/mol. The first-order valence-electron chi connectivity index (χ1n) is 5.52. The van der Waals surface area contributed by atoms with Crippen molar-refractivity contribution in [3.63, 3.8) is 0 Å². The van der Waals surface area contributed by atoms with Gasteiger partial charge in [-0.15, -0.1) is 0 Å². The molecule has 1 aliphatic heterocycles. The topological polar surface area (TPSA) is 72.3 Å². The van der Waals surface area contributed by atoms with Crippen LogP contribution in [0.3, 0.4) is 0 Å². The number of fused-ring (bicyclic) bond motifs is 1. The summed E-state index contributed by atoms with van der Waals surface area (Å²) in [6.45, 7) is 2.63. The summed E-state index contributed by atoms with van der Waals surface area (Å²) in [6, 6.07) is 4.68. The van der Waals surface area contributed by atoms with Crippen molar-refractivity contribution in [2.75, 3.05) is 18.0 Å². The quantitative estimate of drug-likeness (QED) is 0.798. The molecule has 4 N–H and O–H groups in total. The van der Waals surface area contributed by atoms with E-state index in [9.17, 15) is 9.18 Å². The zero-order chi connectivity index (χ0) is 12.6. The summed E-state index contributed by atoms with van der Waals surface area (Å²) in [7, 11) is 0. The molecule has 92 valence electrons. The summed E-state index contributed by atoms with van der Waals surface area (Å²) >= 11 is 0. The van der Waals surface area contributed by atoms with E-state index in [0.717, 1.165) is 24.2 Å². The third-order valence-electron chi connectivity index (χ3n) is 3.12. The predicted octanol–water partition coefficient (Wildman–Crippen LogP) is 0.391. The highest BCUT2D eigenvalue weighted by Gasteiger charge is 2.31. The molecule has 0 saturated carbocycles. The van der Waals surface area contributed by atoms with Gasteiger partial charge in [-0.05, 0) is 31.0 Å². The average Bonchev–Trinajstić information content (AvgIpc) is 2.60. The molecule has 1 amide bonds. The molecule has 1 aromatic carbocycles. The fourth-order valence-electron chi connectivity index (χ4n) is 2.06. The van der Waals surface area contributed by atoms with E-state index in [1.165, 1.54) is 12.1 Å². The van der Waals surface area contributed by atoms with E-state index in [-0.39, 0.29) is 5.82 Å². The van der Waals surface area contributed by atoms with Crippen LogP contribution < -0.4 is 16.4 Å². The molecule has 0 saturated heterocycles. The highest BCUT2D eigenvalue weighted by Crippen LogP contribution is 2.29. The molecule has 0 aromatic heterocycles. The first kappa shape index (κ1) is 11.9. The van der Waals surface area contributed by atoms with Gasteiger partial charge in [0.1, 0.15) is 11.4 Å². The van der Waals surface area contributed by atoms with Crippen LogP contribution in [0.4, 0.5) is 10.1 Å². The number of anilines is 1. The van der Waals surface area contributed by atoms with Crippen molar-refractivity contribution in [3.8, 4) is 0 Å². The van der Waals surface area contributed by atoms with Gasteiger partial charge in [0.25, 0.3) is 0 Å². The third kappa shape index (κ3) is 2.24. The Morgan fingerprint density at radius 2 is 2.29 bits per heavy atom. The summed E-state index contributed by atoms with van der Waals surface area (Å²) in [6.07, 6.45) is 0.838. The number of rotatable bonds is 3. The standard InChI is InChI=1S/C12H16FN3O/c1-12(15,11(14)17)7-16-5-4-8-2-3-9(13)6-10(8)16/h2-3,6H,4-5,7,15H2,1H3,(H2,14,17). The Balaban J connectivity index is 2.23. The lowest BCUT2D eigenvalue weighted by Gasteiger charge is -2.29. The van der Waals surface area contributed by atoms with Gasteiger partial charge in [-0.1, -0.05) is 6.07 Å². The second kappa shape index (κ2) is 4.00. The number of carbonyl (C=O) groups is 1. The molecule has 0 bridgehead atoms. The molecule has 1 unspecified atom stereocenters. The van der Waals surface area contributed by atoms with Crippen molar-refractivity contribution >= 4 is 11.6 Å². The van der Waals surface area contributed by atoms with Gasteiger partial charge < -0.3 is 16.4 Å². The van der Waals surface area contributed by atoms with Crippen LogP contribution in [-0.4, -0.2) is 24.5 Å². The largest absolute Gasteiger partial charge is 0.369 e. The molecule has 1 aliphatic rings. The van der Waals surface area contributed by atoms with Crippen LogP contribution in [0.25, 0.3) is 0 Å². The van der Waals surface area contributed by atoms with Gasteiger partial charge in [-0.25, -0.2) is 4.39 Å². The maximum atomic E-state index is 13.2. The number of benzene rings is 1. The minimum Gasteiger partial charge on any atom is -0.369 e. The fourth-order valence-corrected chi connectivity index (χ4v) is 2.06. The maximum absolute atomic E-state index is 13.2. The van der Waals surface area contributed by atoms with Crippen LogP contribution in [0.2, 0.25) is 0 Å². The molecule has 4 nitrogen and oxygen atoms in total. The summed E-state index contributed by atoms with van der Waals surface area (Å²) < 4.78 is 13.2. The molecule has 0 radical (unpaired) electrons. The summed E-state index contributed by atoms with van der Waals surface area (Å²) in [5, 5.41) is 0. The van der Waals surface area contributed by atoms with Gasteiger partial charge >= 0.3 is 0 Å². The first-order valence-corrected chi connectivity index (χ1v) is 5.52. The number of hydrogen-bond donors (Lipinski definition) is 2. The van der Waals surface area contributed by atoms with E-state index >= 15 is 0 Å². The molecule has 2 rings (SSSR count). The molecule has 17 heavy (non-hydrogen) atoms. The van der Waals surface area contributed by atoms with Gasteiger partial charge in [0.05, 0.1) is 0 Å². The Labute approximate surface area is 99.4 Å². The second-order valence-corrected chi connectivity index (χ2v) is 4.73. The molecule has 1 aromatic rings. The minimum atomic E-state index is -1.10. The molecule has 1 atom stereocenters. The lowest BCUT2D eigenvalue weighted by Crippen LogP contribution is -2.56. The Bertz CT molecular complexity index is 459. The van der Waals surface area contributed by atoms with E-state index in [1.54, 1.807) is 13.0 Å². The van der Waals surface area contributed by atoms with Crippen molar-refractivity contribution in [2.24, 2.45) is 11.5 Å². The Kier molecular flexibility index (Phi) is 2.79. The zero-order valence-corrected chi connectivity index (χ0v) is 9.74. The number of nitrogens with two attached hydrogens (primary N) is 2. The fraction of sp³-hybridized carbons (Fsp3) is 0.417. The van der Waals surface area contributed by atoms with E-state index in [1.807, 2.05) is 4.90 Å². The Morgan fingerprint density at radius 1 is 1.59 bits per heavy atom. The van der Waals surface area contributed by atoms with Crippen LogP contribution in [0, 0.1) is 5.82 Å². The highest BCUT2D eigenvalue weighted by atomic mass is 19.1. The minimum absolute atomic E-state index is 0.284. The molecule has 0 spiro atoms. The zero-order valence-electron chi connectivity index (χ0n) is 9.74. The Morgan fingerprint density at radius 3 is 2.94 bits per heavy atom. The molecule has 0 aliphatic carbocycles. The molecular weight excluding hydrogens is 221 g/mol. The third-order valence-corrected chi connectivity index (χ3v) is 3.12. The van der Waals surface area contributed by atoms with E-state index in [2.05, 4.69) is 0 Å².